The number of piperidine rings is 1. The molecule has 3 aliphatic heterocycles. The van der Waals surface area contributed by atoms with E-state index in [1.807, 2.05) is 0 Å². The fraction of sp³-hybridized carbons (Fsp3) is 0.579. The van der Waals surface area contributed by atoms with E-state index >= 15 is 0 Å². The van der Waals surface area contributed by atoms with Crippen molar-refractivity contribution in [2.45, 2.75) is 101 Å². The number of hydrogen-bond acceptors (Lipinski definition) is 11. The minimum atomic E-state index is -4.87. The number of nitriles is 1. The van der Waals surface area contributed by atoms with E-state index in [1.54, 1.807) is 29.7 Å². The zero-order chi connectivity index (χ0) is 42.9. The minimum Gasteiger partial charge on any atom is -0.378 e. The highest BCUT2D eigenvalue weighted by Gasteiger charge is 2.53. The van der Waals surface area contributed by atoms with Crippen LogP contribution in [0.4, 0.5) is 37.8 Å². The zero-order valence-corrected chi connectivity index (χ0v) is 34.3. The molecule has 2 N–H and O–H groups in total. The van der Waals surface area contributed by atoms with Gasteiger partial charge in [-0.15, -0.1) is 12.4 Å². The predicted octanol–water partition coefficient (Wildman–Crippen LogP) is 4.93. The number of carbonyl (C=O) groups excluding carboxylic acids is 4. The molecule has 4 fully saturated rings. The molecular weight excluding hydrogens is 844 g/mol. The number of piperazine rings is 1. The molecule has 1 saturated carbocycles. The second-order valence-electron chi connectivity index (χ2n) is 15.6. The molecule has 0 aromatic carbocycles. The molecule has 22 heteroatoms. The van der Waals surface area contributed by atoms with Crippen LogP contribution in [0.3, 0.4) is 0 Å². The Morgan fingerprint density at radius 3 is 2.43 bits per heavy atom. The summed E-state index contributed by atoms with van der Waals surface area (Å²) in [6, 6.07) is 3.09. The van der Waals surface area contributed by atoms with Gasteiger partial charge in [-0.25, -0.2) is 9.97 Å². The average molecular weight is 888 g/mol. The molecule has 2 unspecified atom stereocenters. The highest BCUT2D eigenvalue weighted by atomic mass is 35.5. The number of nitrogens with zero attached hydrogens (tertiary/aromatic N) is 7. The van der Waals surface area contributed by atoms with Crippen LogP contribution in [-0.2, 0) is 30.1 Å². The first-order valence-corrected chi connectivity index (χ1v) is 19.6. The molecule has 14 nitrogen and oxygen atoms in total. The SMILES string of the molecule is CC1(C)C(=O)N(c2cnc(C#N)c(C(F)(F)F)c2)C(=S)N1C1CCC(OCCCN2CCN(CC(=O)Nc3cc(C4CCC(=O)NC4=O)ccn3)C(C(F)(F)F)C2)CC1.Cl. The first-order chi connectivity index (χ1) is 27.8. The van der Waals surface area contributed by atoms with Crippen LogP contribution >= 0.6 is 24.6 Å². The molecule has 0 bridgehead atoms. The normalized spacial score (nSPS) is 24.2. The van der Waals surface area contributed by atoms with Gasteiger partial charge in [-0.2, -0.15) is 31.6 Å². The third kappa shape index (κ3) is 10.3. The Morgan fingerprint density at radius 1 is 1.07 bits per heavy atom. The number of thiocarbonyl (C=S) groups is 1. The maximum Gasteiger partial charge on any atom is 0.419 e. The molecule has 3 saturated heterocycles. The van der Waals surface area contributed by atoms with Crippen LogP contribution in [0, 0.1) is 11.3 Å². The molecule has 60 heavy (non-hydrogen) atoms. The Hall–Kier alpha value is -4.49. The van der Waals surface area contributed by atoms with Gasteiger partial charge in [0, 0.05) is 51.4 Å². The molecule has 326 valence electrons. The number of hydrogen-bond donors (Lipinski definition) is 2. The van der Waals surface area contributed by atoms with E-state index in [1.165, 1.54) is 18.3 Å². The van der Waals surface area contributed by atoms with E-state index in [9.17, 15) is 45.5 Å². The number of carbonyl (C=O) groups is 4. The Morgan fingerprint density at radius 2 is 1.78 bits per heavy atom. The van der Waals surface area contributed by atoms with Gasteiger partial charge in [0.2, 0.25) is 17.7 Å². The van der Waals surface area contributed by atoms with E-state index in [0.717, 1.165) is 16.0 Å². The summed E-state index contributed by atoms with van der Waals surface area (Å²) in [7, 11) is 0. The highest BCUT2D eigenvalue weighted by Crippen LogP contribution is 2.40. The van der Waals surface area contributed by atoms with Crippen LogP contribution < -0.4 is 15.5 Å². The Kier molecular flexibility index (Phi) is 14.5. The monoisotopic (exact) mass is 887 g/mol. The topological polar surface area (TPSA) is 164 Å². The number of imide groups is 1. The van der Waals surface area contributed by atoms with Crippen molar-refractivity contribution in [2.24, 2.45) is 0 Å². The van der Waals surface area contributed by atoms with Crippen LogP contribution in [0.15, 0.2) is 30.6 Å². The van der Waals surface area contributed by atoms with Crippen LogP contribution in [0.1, 0.15) is 81.5 Å². The van der Waals surface area contributed by atoms with Crippen molar-refractivity contribution >= 4 is 64.9 Å². The zero-order valence-electron chi connectivity index (χ0n) is 32.6. The third-order valence-electron chi connectivity index (χ3n) is 11.2. The summed E-state index contributed by atoms with van der Waals surface area (Å²) in [5.41, 5.74) is -2.92. The number of rotatable bonds is 11. The molecule has 4 aliphatic rings. The average Bonchev–Trinajstić information content (AvgIpc) is 3.34. The van der Waals surface area contributed by atoms with Crippen LogP contribution in [0.5, 0.6) is 0 Å². The number of anilines is 2. The molecule has 0 radical (unpaired) electrons. The molecule has 5 heterocycles. The summed E-state index contributed by atoms with van der Waals surface area (Å²) in [5.74, 6) is -2.59. The lowest BCUT2D eigenvalue weighted by atomic mass is 9.89. The number of ether oxygens (including phenoxy) is 1. The van der Waals surface area contributed by atoms with E-state index in [2.05, 4.69) is 20.6 Å². The van der Waals surface area contributed by atoms with Gasteiger partial charge in [0.25, 0.3) is 5.91 Å². The fourth-order valence-corrected chi connectivity index (χ4v) is 8.80. The Labute approximate surface area is 353 Å². The maximum absolute atomic E-state index is 14.2. The standard InChI is InChI=1S/C38H43F6N9O5S.ClH/c1-36(2)34(57)52(24-17-27(37(39,40)41)28(18-45)47-19-24)35(59)53(36)23-4-6-25(7-5-23)58-15-3-12-50-13-14-51(29(20-50)38(42,43)44)21-32(55)48-30-16-22(10-11-46-30)26-8-9-31(54)49-33(26)56;/h10-11,16-17,19,23,25-26,29H,3-9,12-15,20-21H2,1-2H3,(H,46,48,55)(H,49,54,56);1H. The molecule has 2 aromatic heterocycles. The first-order valence-electron chi connectivity index (χ1n) is 19.2. The first kappa shape index (κ1) is 46.6. The molecule has 2 atom stereocenters. The number of halogens is 7. The van der Waals surface area contributed by atoms with Crippen LogP contribution in [0.25, 0.3) is 0 Å². The maximum atomic E-state index is 14.2. The lowest BCUT2D eigenvalue weighted by molar-refractivity contribution is -0.197. The van der Waals surface area contributed by atoms with Gasteiger partial charge < -0.3 is 19.9 Å². The van der Waals surface area contributed by atoms with Crippen molar-refractivity contribution in [3.05, 3.63) is 47.4 Å². The summed E-state index contributed by atoms with van der Waals surface area (Å²) in [5, 5.41) is 14.0. The summed E-state index contributed by atoms with van der Waals surface area (Å²) >= 11 is 5.65. The van der Waals surface area contributed by atoms with Gasteiger partial charge in [0.05, 0.1) is 36.0 Å². The number of amides is 4. The van der Waals surface area contributed by atoms with E-state index in [-0.39, 0.29) is 73.0 Å². The quantitative estimate of drug-likeness (QED) is 0.136. The number of pyridine rings is 2. The summed E-state index contributed by atoms with van der Waals surface area (Å²) in [4.78, 5) is 63.5. The smallest absolute Gasteiger partial charge is 0.378 e. The Bertz CT molecular complexity index is 2010. The van der Waals surface area contributed by atoms with Gasteiger partial charge in [-0.1, -0.05) is 0 Å². The highest BCUT2D eigenvalue weighted by molar-refractivity contribution is 7.80. The third-order valence-corrected chi connectivity index (χ3v) is 11.6. The van der Waals surface area contributed by atoms with Gasteiger partial charge in [-0.3, -0.25) is 34.3 Å². The van der Waals surface area contributed by atoms with E-state index in [4.69, 9.17) is 22.2 Å². The number of aromatic nitrogens is 2. The minimum absolute atomic E-state index is 0. The second kappa shape index (κ2) is 18.6. The van der Waals surface area contributed by atoms with Gasteiger partial charge >= 0.3 is 12.4 Å². The largest absolute Gasteiger partial charge is 0.419 e. The molecule has 2 aromatic rings. The lowest BCUT2D eigenvalue weighted by Gasteiger charge is -2.42. The lowest BCUT2D eigenvalue weighted by Crippen LogP contribution is -2.60. The van der Waals surface area contributed by atoms with Crippen molar-refractivity contribution in [2.75, 3.05) is 49.5 Å². The van der Waals surface area contributed by atoms with Gasteiger partial charge in [-0.05, 0) is 88.4 Å². The van der Waals surface area contributed by atoms with E-state index < -0.39 is 65.4 Å². The van der Waals surface area contributed by atoms with Crippen LogP contribution in [0.2, 0.25) is 0 Å². The molecular formula is C38H44ClF6N9O5S. The van der Waals surface area contributed by atoms with E-state index in [0.29, 0.717) is 63.4 Å². The molecule has 6 rings (SSSR count). The van der Waals surface area contributed by atoms with Gasteiger partial charge in [0.15, 0.2) is 10.8 Å². The van der Waals surface area contributed by atoms with Crippen molar-refractivity contribution in [1.29, 1.82) is 5.26 Å². The molecule has 0 spiro atoms. The van der Waals surface area contributed by atoms with Crippen molar-refractivity contribution < 1.29 is 50.3 Å². The predicted molar refractivity (Wildman–Crippen MR) is 210 cm³/mol. The Balaban J connectivity index is 0.00000683. The fourth-order valence-electron chi connectivity index (χ4n) is 8.23. The van der Waals surface area contributed by atoms with Gasteiger partial charge in [0.1, 0.15) is 23.5 Å². The van der Waals surface area contributed by atoms with Crippen LogP contribution in [-0.4, -0.2) is 123 Å². The molecule has 1 aliphatic carbocycles. The van der Waals surface area contributed by atoms with Crippen molar-refractivity contribution in [3.8, 4) is 6.07 Å². The number of alkyl halides is 6. The van der Waals surface area contributed by atoms with Crippen molar-refractivity contribution in [1.82, 2.24) is 30.0 Å². The molecule has 4 amide bonds. The summed E-state index contributed by atoms with van der Waals surface area (Å²) in [6.45, 7) is 3.37. The summed E-state index contributed by atoms with van der Waals surface area (Å²) in [6.07, 6.45) is -3.98. The van der Waals surface area contributed by atoms with Crippen molar-refractivity contribution in [3.63, 3.8) is 0 Å². The summed E-state index contributed by atoms with van der Waals surface area (Å²) < 4.78 is 89.8. The second-order valence-corrected chi connectivity index (χ2v) is 15.9. The number of nitrogens with one attached hydrogen (secondary N) is 2.